The third-order valence-electron chi connectivity index (χ3n) is 3.47. The summed E-state index contributed by atoms with van der Waals surface area (Å²) < 4.78 is 5.99. The first kappa shape index (κ1) is 20.0. The molecule has 0 unspecified atom stereocenters. The topological polar surface area (TPSA) is 48.1 Å². The van der Waals surface area contributed by atoms with Gasteiger partial charge >= 0.3 is 0 Å². The van der Waals surface area contributed by atoms with Crippen molar-refractivity contribution in [1.82, 2.24) is 4.98 Å². The van der Waals surface area contributed by atoms with Gasteiger partial charge in [-0.1, -0.05) is 48.5 Å². The Balaban J connectivity index is 0.00000144. The number of halogens is 2. The van der Waals surface area contributed by atoms with Gasteiger partial charge in [-0.25, -0.2) is 0 Å². The Hall–Kier alpha value is -2.07. The minimum absolute atomic E-state index is 0. The zero-order valence-electron chi connectivity index (χ0n) is 13.1. The van der Waals surface area contributed by atoms with Crippen molar-refractivity contribution < 1.29 is 4.74 Å². The Labute approximate surface area is 154 Å². The van der Waals surface area contributed by atoms with Crippen molar-refractivity contribution in [2.24, 2.45) is 5.73 Å². The number of para-hydroxylation sites is 1. The fourth-order valence-corrected chi connectivity index (χ4v) is 2.31. The largest absolute Gasteiger partial charge is 0.488 e. The summed E-state index contributed by atoms with van der Waals surface area (Å²) in [5.74, 6) is 0.849. The number of nitrogens with zero attached hydrogens (tertiary/aromatic N) is 1. The lowest BCUT2D eigenvalue weighted by molar-refractivity contribution is 0.307. The molecule has 0 fully saturated rings. The molecule has 0 radical (unpaired) electrons. The van der Waals surface area contributed by atoms with E-state index in [1.165, 1.54) is 0 Å². The fraction of sp³-hybridized carbons (Fsp3) is 0.105. The summed E-state index contributed by atoms with van der Waals surface area (Å²) in [5, 5.41) is 0. The van der Waals surface area contributed by atoms with Crippen molar-refractivity contribution >= 4 is 24.8 Å². The number of pyridine rings is 1. The van der Waals surface area contributed by atoms with Crippen LogP contribution in [0.2, 0.25) is 0 Å². The second-order valence-corrected chi connectivity index (χ2v) is 5.06. The van der Waals surface area contributed by atoms with Crippen molar-refractivity contribution in [2.45, 2.75) is 13.2 Å². The Bertz CT molecular complexity index is 751. The highest BCUT2D eigenvalue weighted by Gasteiger charge is 2.07. The SMILES string of the molecule is Cl.Cl.NCc1cncc(-c2ccccc2OCc2ccccc2)c1. The molecule has 0 atom stereocenters. The molecule has 0 aliphatic rings. The number of nitrogens with two attached hydrogens (primary N) is 1. The van der Waals surface area contributed by atoms with Gasteiger partial charge in [0, 0.05) is 30.1 Å². The molecule has 5 heteroatoms. The summed E-state index contributed by atoms with van der Waals surface area (Å²) in [6.45, 7) is 1.02. The van der Waals surface area contributed by atoms with Gasteiger partial charge in [0.25, 0.3) is 0 Å². The number of benzene rings is 2. The lowest BCUT2D eigenvalue weighted by Crippen LogP contribution is -1.99. The molecule has 0 saturated heterocycles. The van der Waals surface area contributed by atoms with E-state index < -0.39 is 0 Å². The number of aromatic nitrogens is 1. The standard InChI is InChI=1S/C19H18N2O.2ClH/c20-11-16-10-17(13-21-12-16)18-8-4-5-9-19(18)22-14-15-6-2-1-3-7-15;;/h1-10,12-13H,11,14,20H2;2*1H. The molecule has 3 aromatic rings. The van der Waals surface area contributed by atoms with E-state index in [2.05, 4.69) is 23.2 Å². The lowest BCUT2D eigenvalue weighted by atomic mass is 10.0. The molecule has 1 aromatic heterocycles. The first-order valence-corrected chi connectivity index (χ1v) is 7.27. The van der Waals surface area contributed by atoms with Crippen LogP contribution in [0.3, 0.4) is 0 Å². The maximum Gasteiger partial charge on any atom is 0.127 e. The van der Waals surface area contributed by atoms with Crippen LogP contribution in [-0.2, 0) is 13.2 Å². The normalized spacial score (nSPS) is 9.54. The van der Waals surface area contributed by atoms with Crippen molar-refractivity contribution in [3.05, 3.63) is 84.2 Å². The first-order chi connectivity index (χ1) is 10.9. The van der Waals surface area contributed by atoms with Crippen LogP contribution in [0.25, 0.3) is 11.1 Å². The summed E-state index contributed by atoms with van der Waals surface area (Å²) in [5.41, 5.74) is 9.90. The summed E-state index contributed by atoms with van der Waals surface area (Å²) >= 11 is 0. The van der Waals surface area contributed by atoms with E-state index in [4.69, 9.17) is 10.5 Å². The predicted octanol–water partition coefficient (Wildman–Crippen LogP) is 4.63. The molecule has 0 aliphatic heterocycles. The van der Waals surface area contributed by atoms with E-state index in [0.717, 1.165) is 28.0 Å². The molecule has 0 aliphatic carbocycles. The van der Waals surface area contributed by atoms with Crippen LogP contribution in [0.4, 0.5) is 0 Å². The molecule has 0 bridgehead atoms. The van der Waals surface area contributed by atoms with Gasteiger partial charge < -0.3 is 10.5 Å². The highest BCUT2D eigenvalue weighted by atomic mass is 35.5. The quantitative estimate of drug-likeness (QED) is 0.719. The average molecular weight is 363 g/mol. The molecule has 0 saturated carbocycles. The molecule has 2 N–H and O–H groups in total. The van der Waals surface area contributed by atoms with Gasteiger partial charge in [0.15, 0.2) is 0 Å². The zero-order valence-corrected chi connectivity index (χ0v) is 14.7. The van der Waals surface area contributed by atoms with Crippen molar-refractivity contribution in [3.63, 3.8) is 0 Å². The van der Waals surface area contributed by atoms with Gasteiger partial charge in [-0.2, -0.15) is 0 Å². The molecule has 24 heavy (non-hydrogen) atoms. The number of hydrogen-bond acceptors (Lipinski definition) is 3. The van der Waals surface area contributed by atoms with Gasteiger partial charge in [0.2, 0.25) is 0 Å². The van der Waals surface area contributed by atoms with Gasteiger partial charge in [0.05, 0.1) is 0 Å². The van der Waals surface area contributed by atoms with Crippen LogP contribution in [0.15, 0.2) is 73.1 Å². The minimum atomic E-state index is 0. The Morgan fingerprint density at radius 1 is 0.833 bits per heavy atom. The van der Waals surface area contributed by atoms with E-state index in [9.17, 15) is 0 Å². The van der Waals surface area contributed by atoms with Gasteiger partial charge in [-0.3, -0.25) is 4.98 Å². The van der Waals surface area contributed by atoms with Gasteiger partial charge in [-0.15, -0.1) is 24.8 Å². The summed E-state index contributed by atoms with van der Waals surface area (Å²) in [6.07, 6.45) is 3.63. The summed E-state index contributed by atoms with van der Waals surface area (Å²) in [6, 6.07) is 20.2. The molecule has 3 rings (SSSR count). The second kappa shape index (κ2) is 9.93. The van der Waals surface area contributed by atoms with Crippen LogP contribution in [0.5, 0.6) is 5.75 Å². The highest BCUT2D eigenvalue weighted by molar-refractivity contribution is 5.85. The summed E-state index contributed by atoms with van der Waals surface area (Å²) in [7, 11) is 0. The highest BCUT2D eigenvalue weighted by Crippen LogP contribution is 2.30. The van der Waals surface area contributed by atoms with Crippen LogP contribution < -0.4 is 10.5 Å². The fourth-order valence-electron chi connectivity index (χ4n) is 2.31. The third kappa shape index (κ3) is 4.96. The Kier molecular flexibility index (Phi) is 8.27. The predicted molar refractivity (Wildman–Crippen MR) is 103 cm³/mol. The Morgan fingerprint density at radius 3 is 2.29 bits per heavy atom. The molecule has 126 valence electrons. The molecule has 2 aromatic carbocycles. The van der Waals surface area contributed by atoms with Crippen LogP contribution in [-0.4, -0.2) is 4.98 Å². The molecule has 0 amide bonds. The molecule has 1 heterocycles. The maximum atomic E-state index is 5.99. The third-order valence-corrected chi connectivity index (χ3v) is 3.47. The van der Waals surface area contributed by atoms with Crippen molar-refractivity contribution in [1.29, 1.82) is 0 Å². The van der Waals surface area contributed by atoms with E-state index in [1.807, 2.05) is 48.7 Å². The Morgan fingerprint density at radius 2 is 1.54 bits per heavy atom. The van der Waals surface area contributed by atoms with Crippen LogP contribution in [0, 0.1) is 0 Å². The smallest absolute Gasteiger partial charge is 0.127 e. The number of rotatable bonds is 5. The number of hydrogen-bond donors (Lipinski definition) is 1. The molecule has 3 nitrogen and oxygen atoms in total. The molecular formula is C19H20Cl2N2O. The molecular weight excluding hydrogens is 343 g/mol. The minimum Gasteiger partial charge on any atom is -0.488 e. The van der Waals surface area contributed by atoms with Crippen LogP contribution >= 0.6 is 24.8 Å². The second-order valence-electron chi connectivity index (χ2n) is 5.06. The lowest BCUT2D eigenvalue weighted by Gasteiger charge is -2.12. The monoisotopic (exact) mass is 362 g/mol. The molecule has 0 spiro atoms. The first-order valence-electron chi connectivity index (χ1n) is 7.27. The van der Waals surface area contributed by atoms with Gasteiger partial charge in [0.1, 0.15) is 12.4 Å². The summed E-state index contributed by atoms with van der Waals surface area (Å²) in [4.78, 5) is 4.26. The van der Waals surface area contributed by atoms with Crippen LogP contribution in [0.1, 0.15) is 11.1 Å². The van der Waals surface area contributed by atoms with E-state index in [-0.39, 0.29) is 24.8 Å². The maximum absolute atomic E-state index is 5.99. The zero-order chi connectivity index (χ0) is 15.2. The van der Waals surface area contributed by atoms with E-state index in [1.54, 1.807) is 6.20 Å². The van der Waals surface area contributed by atoms with E-state index >= 15 is 0 Å². The van der Waals surface area contributed by atoms with Gasteiger partial charge in [-0.05, 0) is 23.3 Å². The van der Waals surface area contributed by atoms with E-state index in [0.29, 0.717) is 13.2 Å². The average Bonchev–Trinajstić information content (AvgIpc) is 2.61. The number of ether oxygens (including phenoxy) is 1. The van der Waals surface area contributed by atoms with Crippen molar-refractivity contribution in [2.75, 3.05) is 0 Å². The van der Waals surface area contributed by atoms with Crippen molar-refractivity contribution in [3.8, 4) is 16.9 Å².